The highest BCUT2D eigenvalue weighted by Crippen LogP contribution is 2.26. The highest BCUT2D eigenvalue weighted by atomic mass is 16.5. The molecule has 1 aliphatic heterocycles. The monoisotopic (exact) mass is 518 g/mol. The Labute approximate surface area is 230 Å². The molecule has 1 amide bonds. The van der Waals surface area contributed by atoms with Crippen LogP contribution in [0.25, 0.3) is 17.2 Å². The number of rotatable bonds is 9. The fourth-order valence-electron chi connectivity index (χ4n) is 4.98. The van der Waals surface area contributed by atoms with Gasteiger partial charge in [0.05, 0.1) is 25.0 Å². The van der Waals surface area contributed by atoms with E-state index in [1.165, 1.54) is 0 Å². The van der Waals surface area contributed by atoms with E-state index in [9.17, 15) is 4.79 Å². The Kier molecular flexibility index (Phi) is 8.76. The van der Waals surface area contributed by atoms with Gasteiger partial charge in [-0.25, -0.2) is 0 Å². The molecule has 0 spiro atoms. The summed E-state index contributed by atoms with van der Waals surface area (Å²) in [5.41, 5.74) is 5.17. The van der Waals surface area contributed by atoms with Crippen LogP contribution < -0.4 is 10.1 Å². The third kappa shape index (κ3) is 6.98. The van der Waals surface area contributed by atoms with Gasteiger partial charge in [-0.3, -0.25) is 19.7 Å². The van der Waals surface area contributed by atoms with Gasteiger partial charge >= 0.3 is 0 Å². The minimum absolute atomic E-state index is 0.0189. The zero-order valence-corrected chi connectivity index (χ0v) is 22.2. The summed E-state index contributed by atoms with van der Waals surface area (Å²) in [6.45, 7) is 2.66. The number of amides is 1. The number of piperidine rings is 1. The van der Waals surface area contributed by atoms with Gasteiger partial charge in [-0.2, -0.15) is 0 Å². The van der Waals surface area contributed by atoms with Crippen molar-refractivity contribution in [2.24, 2.45) is 5.92 Å². The smallest absolute Gasteiger partial charge is 0.224 e. The van der Waals surface area contributed by atoms with Crippen LogP contribution in [0.2, 0.25) is 0 Å². The average Bonchev–Trinajstić information content (AvgIpc) is 3.01. The van der Waals surface area contributed by atoms with Crippen LogP contribution in [0.4, 0.5) is 0 Å². The molecule has 6 heteroatoms. The standard InChI is InChI=1S/C33H34N4O2/c1-39-30-15-9-25(10-16-30)6-5-21-37-22-17-29(18-23-37)33(38)36-32(31-24-34-19-20-35-31)28-13-11-27(12-14-28)26-7-3-2-4-8-26/h2-16,19-20,24,29,32H,17-18,21-23H2,1H3,(H,36,38)/b6-5+. The van der Waals surface area contributed by atoms with Gasteiger partial charge in [0.1, 0.15) is 5.75 Å². The number of nitrogens with one attached hydrogen (secondary N) is 1. The molecule has 0 saturated carbocycles. The number of hydrogen-bond donors (Lipinski definition) is 1. The van der Waals surface area contributed by atoms with E-state index in [2.05, 4.69) is 80.9 Å². The first-order valence-corrected chi connectivity index (χ1v) is 13.4. The Morgan fingerprint density at radius 1 is 0.974 bits per heavy atom. The van der Waals surface area contributed by atoms with E-state index in [0.29, 0.717) is 0 Å². The fraction of sp³-hybridized carbons (Fsp3) is 0.242. The zero-order chi connectivity index (χ0) is 26.9. The van der Waals surface area contributed by atoms with Gasteiger partial charge in [-0.05, 0) is 60.3 Å². The molecule has 1 unspecified atom stereocenters. The van der Waals surface area contributed by atoms with Gasteiger partial charge < -0.3 is 10.1 Å². The largest absolute Gasteiger partial charge is 0.497 e. The van der Waals surface area contributed by atoms with Gasteiger partial charge in [-0.1, -0.05) is 78.9 Å². The highest BCUT2D eigenvalue weighted by Gasteiger charge is 2.27. The first kappa shape index (κ1) is 26.3. The zero-order valence-electron chi connectivity index (χ0n) is 22.2. The van der Waals surface area contributed by atoms with Crippen LogP contribution in [0.5, 0.6) is 5.75 Å². The van der Waals surface area contributed by atoms with Gasteiger partial charge in [0.25, 0.3) is 0 Å². The predicted octanol–water partition coefficient (Wildman–Crippen LogP) is 5.78. The second kappa shape index (κ2) is 13.0. The minimum atomic E-state index is -0.346. The predicted molar refractivity (Wildman–Crippen MR) is 155 cm³/mol. The number of aromatic nitrogens is 2. The molecule has 3 aromatic carbocycles. The van der Waals surface area contributed by atoms with E-state index in [-0.39, 0.29) is 17.9 Å². The van der Waals surface area contributed by atoms with Gasteiger partial charge in [-0.15, -0.1) is 0 Å². The number of carbonyl (C=O) groups excluding carboxylic acids is 1. The molecule has 0 radical (unpaired) electrons. The summed E-state index contributed by atoms with van der Waals surface area (Å²) in [7, 11) is 1.67. The number of likely N-dealkylation sites (tertiary alicyclic amines) is 1. The molecule has 2 heterocycles. The third-order valence-corrected chi connectivity index (χ3v) is 7.26. The maximum Gasteiger partial charge on any atom is 0.224 e. The van der Waals surface area contributed by atoms with Crippen molar-refractivity contribution in [2.75, 3.05) is 26.7 Å². The first-order valence-electron chi connectivity index (χ1n) is 13.4. The van der Waals surface area contributed by atoms with Crippen molar-refractivity contribution in [1.82, 2.24) is 20.2 Å². The van der Waals surface area contributed by atoms with E-state index in [1.54, 1.807) is 25.7 Å². The van der Waals surface area contributed by atoms with Crippen molar-refractivity contribution in [1.29, 1.82) is 0 Å². The molecule has 1 N–H and O–H groups in total. The summed E-state index contributed by atoms with van der Waals surface area (Å²) in [5.74, 6) is 0.916. The second-order valence-corrected chi connectivity index (χ2v) is 9.81. The molecule has 39 heavy (non-hydrogen) atoms. The SMILES string of the molecule is COc1ccc(/C=C/CN2CCC(C(=O)NC(c3ccc(-c4ccccc4)cc3)c3cnccn3)CC2)cc1. The van der Waals surface area contributed by atoms with Gasteiger partial charge in [0.15, 0.2) is 0 Å². The van der Waals surface area contributed by atoms with Crippen LogP contribution in [0.3, 0.4) is 0 Å². The molecule has 1 aromatic heterocycles. The molecule has 1 atom stereocenters. The molecule has 4 aromatic rings. The topological polar surface area (TPSA) is 67.3 Å². The summed E-state index contributed by atoms with van der Waals surface area (Å²) in [6.07, 6.45) is 11.0. The number of benzene rings is 3. The lowest BCUT2D eigenvalue weighted by Crippen LogP contribution is -2.42. The van der Waals surface area contributed by atoms with Crippen molar-refractivity contribution in [3.63, 3.8) is 0 Å². The van der Waals surface area contributed by atoms with Gasteiger partial charge in [0, 0.05) is 24.9 Å². The fourth-order valence-corrected chi connectivity index (χ4v) is 4.98. The Bertz CT molecular complexity index is 1350. The van der Waals surface area contributed by atoms with Crippen molar-refractivity contribution in [3.8, 4) is 16.9 Å². The molecule has 6 nitrogen and oxygen atoms in total. The van der Waals surface area contributed by atoms with Crippen LogP contribution in [0.15, 0.2) is 104 Å². The molecule has 198 valence electrons. The number of carbonyl (C=O) groups is 1. The molecule has 1 fully saturated rings. The Morgan fingerprint density at radius 3 is 2.36 bits per heavy atom. The van der Waals surface area contributed by atoms with Crippen molar-refractivity contribution < 1.29 is 9.53 Å². The van der Waals surface area contributed by atoms with Crippen LogP contribution in [-0.4, -0.2) is 47.5 Å². The van der Waals surface area contributed by atoms with Crippen molar-refractivity contribution in [2.45, 2.75) is 18.9 Å². The molecule has 5 rings (SSSR count). The summed E-state index contributed by atoms with van der Waals surface area (Å²) >= 11 is 0. The summed E-state index contributed by atoms with van der Waals surface area (Å²) in [6, 6.07) is 26.3. The maximum absolute atomic E-state index is 13.4. The maximum atomic E-state index is 13.4. The lowest BCUT2D eigenvalue weighted by Gasteiger charge is -2.31. The van der Waals surface area contributed by atoms with E-state index < -0.39 is 0 Å². The van der Waals surface area contributed by atoms with Crippen LogP contribution >= 0.6 is 0 Å². The molecule has 0 bridgehead atoms. The molecular formula is C33H34N4O2. The van der Waals surface area contributed by atoms with E-state index in [1.807, 2.05) is 30.3 Å². The highest BCUT2D eigenvalue weighted by molar-refractivity contribution is 5.79. The van der Waals surface area contributed by atoms with Crippen LogP contribution in [-0.2, 0) is 4.79 Å². The number of ether oxygens (including phenoxy) is 1. The van der Waals surface area contributed by atoms with E-state index in [4.69, 9.17) is 4.74 Å². The molecule has 0 aliphatic carbocycles. The number of nitrogens with zero attached hydrogens (tertiary/aromatic N) is 3. The van der Waals surface area contributed by atoms with Gasteiger partial charge in [0.2, 0.25) is 5.91 Å². The van der Waals surface area contributed by atoms with Crippen molar-refractivity contribution >= 4 is 12.0 Å². The van der Waals surface area contributed by atoms with Crippen LogP contribution in [0, 0.1) is 5.92 Å². The normalized spacial score (nSPS) is 15.2. The molecular weight excluding hydrogens is 484 g/mol. The van der Waals surface area contributed by atoms with E-state index in [0.717, 1.165) is 66.2 Å². The van der Waals surface area contributed by atoms with E-state index >= 15 is 0 Å². The quantitative estimate of drug-likeness (QED) is 0.304. The Hall–Kier alpha value is -4.29. The van der Waals surface area contributed by atoms with Crippen molar-refractivity contribution in [3.05, 3.63) is 120 Å². The molecule has 1 saturated heterocycles. The summed E-state index contributed by atoms with van der Waals surface area (Å²) in [5, 5.41) is 3.28. The third-order valence-electron chi connectivity index (χ3n) is 7.26. The Morgan fingerprint density at radius 2 is 1.69 bits per heavy atom. The minimum Gasteiger partial charge on any atom is -0.497 e. The number of methoxy groups -OCH3 is 1. The number of hydrogen-bond acceptors (Lipinski definition) is 5. The van der Waals surface area contributed by atoms with Crippen LogP contribution in [0.1, 0.15) is 35.7 Å². The lowest BCUT2D eigenvalue weighted by atomic mass is 9.94. The first-order chi connectivity index (χ1) is 19.2. The summed E-state index contributed by atoms with van der Waals surface area (Å²) < 4.78 is 5.22. The molecule has 1 aliphatic rings. The second-order valence-electron chi connectivity index (χ2n) is 9.81. The average molecular weight is 519 g/mol. The lowest BCUT2D eigenvalue weighted by molar-refractivity contribution is -0.126. The Balaban J connectivity index is 1.19. The summed E-state index contributed by atoms with van der Waals surface area (Å²) in [4.78, 5) is 24.6.